The highest BCUT2D eigenvalue weighted by molar-refractivity contribution is 7.47. The lowest BCUT2D eigenvalue weighted by molar-refractivity contribution is -0.00476. The summed E-state index contributed by atoms with van der Waals surface area (Å²) in [5.74, 6) is 0.0640. The molecule has 1 unspecified atom stereocenters. The van der Waals surface area contributed by atoms with E-state index in [0.29, 0.717) is 22.6 Å². The van der Waals surface area contributed by atoms with Crippen LogP contribution in [0.1, 0.15) is 12.5 Å². The van der Waals surface area contributed by atoms with Crippen LogP contribution in [0.5, 0.6) is 5.75 Å². The van der Waals surface area contributed by atoms with Gasteiger partial charge in [-0.25, -0.2) is 19.5 Å². The third kappa shape index (κ3) is 4.08. The van der Waals surface area contributed by atoms with E-state index < -0.39 is 7.82 Å². The fourth-order valence-corrected chi connectivity index (χ4v) is 4.50. The standard InChI is InChI=1S/C17H19ClN5O5P/c18-11-2-1-3-12(5-11)28-29(25,26)27-7-13-10(6-24)4-14(13)23-9-22-15-16(19)20-8-21-17(15)23/h1-3,5,8-10,13-14,24H,4,6-7H2,(H,25,26)(H2,19,20,21)/t10-,13-,14-/m1/s1. The molecular formula is C17H19ClN5O5P. The fraction of sp³-hybridized carbons (Fsp3) is 0.353. The summed E-state index contributed by atoms with van der Waals surface area (Å²) < 4.78 is 24.4. The van der Waals surface area contributed by atoms with Crippen molar-refractivity contribution in [1.29, 1.82) is 0 Å². The number of nitrogens with zero attached hydrogens (tertiary/aromatic N) is 4. The highest BCUT2D eigenvalue weighted by atomic mass is 35.5. The number of anilines is 1. The van der Waals surface area contributed by atoms with Gasteiger partial charge in [0.25, 0.3) is 0 Å². The summed E-state index contributed by atoms with van der Waals surface area (Å²) in [7, 11) is -4.37. The predicted molar refractivity (Wildman–Crippen MR) is 105 cm³/mol. The molecule has 154 valence electrons. The minimum absolute atomic E-state index is 0.0703. The number of aliphatic hydroxyl groups is 1. The molecule has 29 heavy (non-hydrogen) atoms. The first-order chi connectivity index (χ1) is 13.9. The first kappa shape index (κ1) is 20.1. The lowest BCUT2D eigenvalue weighted by atomic mass is 9.70. The van der Waals surface area contributed by atoms with Crippen molar-refractivity contribution in [3.05, 3.63) is 41.9 Å². The molecule has 4 rings (SSSR count). The summed E-state index contributed by atoms with van der Waals surface area (Å²) in [6.07, 6.45) is 3.59. The summed E-state index contributed by atoms with van der Waals surface area (Å²) >= 11 is 5.86. The van der Waals surface area contributed by atoms with E-state index in [1.807, 2.05) is 4.57 Å². The number of fused-ring (bicyclic) bond motifs is 1. The van der Waals surface area contributed by atoms with Crippen LogP contribution in [-0.4, -0.2) is 42.7 Å². The minimum Gasteiger partial charge on any atom is -0.404 e. The fourth-order valence-electron chi connectivity index (χ4n) is 3.53. The van der Waals surface area contributed by atoms with Crippen LogP contribution in [0.25, 0.3) is 11.2 Å². The number of hydrogen-bond acceptors (Lipinski definition) is 8. The predicted octanol–water partition coefficient (Wildman–Crippen LogP) is 2.43. The number of hydrogen-bond donors (Lipinski definition) is 3. The summed E-state index contributed by atoms with van der Waals surface area (Å²) in [4.78, 5) is 22.5. The zero-order chi connectivity index (χ0) is 20.6. The molecule has 3 aromatic rings. The van der Waals surface area contributed by atoms with E-state index in [2.05, 4.69) is 15.0 Å². The normalized spacial score (nSPS) is 23.5. The lowest BCUT2D eigenvalue weighted by Crippen LogP contribution is -2.43. The van der Waals surface area contributed by atoms with Crippen LogP contribution in [-0.2, 0) is 9.09 Å². The number of rotatable bonds is 7. The van der Waals surface area contributed by atoms with Crippen molar-refractivity contribution in [1.82, 2.24) is 19.5 Å². The molecule has 1 fully saturated rings. The van der Waals surface area contributed by atoms with Gasteiger partial charge in [-0.3, -0.25) is 9.42 Å². The second kappa shape index (κ2) is 7.89. The number of nitrogens with two attached hydrogens (primary N) is 1. The van der Waals surface area contributed by atoms with Crippen molar-refractivity contribution >= 4 is 36.4 Å². The van der Waals surface area contributed by atoms with E-state index in [0.717, 1.165) is 0 Å². The van der Waals surface area contributed by atoms with E-state index >= 15 is 0 Å². The summed E-state index contributed by atoms with van der Waals surface area (Å²) in [5, 5.41) is 9.99. The number of phosphoric ester groups is 1. The maximum atomic E-state index is 12.3. The Morgan fingerprint density at radius 2 is 2.17 bits per heavy atom. The first-order valence-corrected chi connectivity index (χ1v) is 10.7. The van der Waals surface area contributed by atoms with E-state index in [4.69, 9.17) is 26.4 Å². The Hall–Kier alpha value is -2.23. The third-order valence-corrected chi connectivity index (χ3v) is 6.22. The molecule has 4 atom stereocenters. The van der Waals surface area contributed by atoms with Gasteiger partial charge in [-0.1, -0.05) is 17.7 Å². The zero-order valence-corrected chi connectivity index (χ0v) is 16.8. The van der Waals surface area contributed by atoms with Crippen LogP contribution < -0.4 is 10.3 Å². The second-order valence-corrected chi connectivity index (χ2v) is 8.62. The van der Waals surface area contributed by atoms with Gasteiger partial charge < -0.3 is 19.9 Å². The molecule has 4 N–H and O–H groups in total. The minimum atomic E-state index is -4.37. The van der Waals surface area contributed by atoms with E-state index in [1.54, 1.807) is 18.5 Å². The van der Waals surface area contributed by atoms with Gasteiger partial charge >= 0.3 is 7.82 Å². The van der Waals surface area contributed by atoms with Crippen molar-refractivity contribution < 1.29 is 23.6 Å². The Bertz CT molecular complexity index is 1080. The van der Waals surface area contributed by atoms with E-state index in [-0.39, 0.29) is 42.7 Å². The number of aromatic nitrogens is 4. The first-order valence-electron chi connectivity index (χ1n) is 8.84. The quantitative estimate of drug-likeness (QED) is 0.472. The second-order valence-electron chi connectivity index (χ2n) is 6.81. The Morgan fingerprint density at radius 1 is 1.34 bits per heavy atom. The molecule has 0 radical (unpaired) electrons. The maximum Gasteiger partial charge on any atom is 0.527 e. The molecule has 10 nitrogen and oxygen atoms in total. The van der Waals surface area contributed by atoms with Crippen LogP contribution in [0.15, 0.2) is 36.9 Å². The highest BCUT2D eigenvalue weighted by Gasteiger charge is 2.44. The van der Waals surface area contributed by atoms with Gasteiger partial charge in [0, 0.05) is 23.6 Å². The van der Waals surface area contributed by atoms with Crippen molar-refractivity contribution in [2.24, 2.45) is 11.8 Å². The number of aliphatic hydroxyl groups excluding tert-OH is 1. The number of phosphoric acid groups is 1. The van der Waals surface area contributed by atoms with Gasteiger partial charge in [-0.15, -0.1) is 0 Å². The van der Waals surface area contributed by atoms with Gasteiger partial charge in [0.1, 0.15) is 17.6 Å². The van der Waals surface area contributed by atoms with Crippen LogP contribution in [0.2, 0.25) is 5.02 Å². The Labute approximate surface area is 170 Å². The number of nitrogen functional groups attached to an aromatic ring is 1. The van der Waals surface area contributed by atoms with E-state index in [9.17, 15) is 14.6 Å². The summed E-state index contributed by atoms with van der Waals surface area (Å²) in [6, 6.07) is 6.01. The monoisotopic (exact) mass is 439 g/mol. The Kier molecular flexibility index (Phi) is 5.46. The molecule has 0 bridgehead atoms. The third-order valence-electron chi connectivity index (χ3n) is 5.07. The zero-order valence-electron chi connectivity index (χ0n) is 15.1. The maximum absolute atomic E-state index is 12.3. The largest absolute Gasteiger partial charge is 0.527 e. The molecule has 0 aliphatic heterocycles. The van der Waals surface area contributed by atoms with Gasteiger partial charge in [0.15, 0.2) is 11.5 Å². The highest BCUT2D eigenvalue weighted by Crippen LogP contribution is 2.50. The molecule has 1 aliphatic rings. The molecule has 0 saturated heterocycles. The number of imidazole rings is 1. The molecule has 2 heterocycles. The molecule has 1 aliphatic carbocycles. The van der Waals surface area contributed by atoms with Gasteiger partial charge in [-0.2, -0.15) is 0 Å². The Morgan fingerprint density at radius 3 is 2.93 bits per heavy atom. The molecule has 0 amide bonds. The number of halogens is 1. The van der Waals surface area contributed by atoms with Crippen LogP contribution >= 0.6 is 19.4 Å². The summed E-state index contributed by atoms with van der Waals surface area (Å²) in [6.45, 7) is -0.163. The van der Waals surface area contributed by atoms with Crippen molar-refractivity contribution in [3.8, 4) is 5.75 Å². The molecular weight excluding hydrogens is 421 g/mol. The summed E-state index contributed by atoms with van der Waals surface area (Å²) in [5.41, 5.74) is 6.87. The van der Waals surface area contributed by atoms with Crippen molar-refractivity contribution in [2.45, 2.75) is 12.5 Å². The van der Waals surface area contributed by atoms with Crippen LogP contribution in [0.3, 0.4) is 0 Å². The molecule has 0 spiro atoms. The number of benzene rings is 1. The molecule has 1 saturated carbocycles. The van der Waals surface area contributed by atoms with E-state index in [1.165, 1.54) is 18.5 Å². The average molecular weight is 440 g/mol. The van der Waals surface area contributed by atoms with Crippen LogP contribution in [0, 0.1) is 11.8 Å². The lowest BCUT2D eigenvalue weighted by Gasteiger charge is -2.44. The average Bonchev–Trinajstić information content (AvgIpc) is 3.06. The Balaban J connectivity index is 1.48. The van der Waals surface area contributed by atoms with Gasteiger partial charge in [0.05, 0.1) is 12.9 Å². The van der Waals surface area contributed by atoms with Gasteiger partial charge in [0.2, 0.25) is 0 Å². The van der Waals surface area contributed by atoms with Crippen molar-refractivity contribution in [3.63, 3.8) is 0 Å². The van der Waals surface area contributed by atoms with Crippen molar-refractivity contribution in [2.75, 3.05) is 18.9 Å². The molecule has 1 aromatic carbocycles. The SMILES string of the molecule is Nc1ncnc2c1ncn2[C@@H]1C[C@H](CO)[C@H]1COP(=O)(O)Oc1cccc(Cl)c1. The van der Waals surface area contributed by atoms with Crippen LogP contribution in [0.4, 0.5) is 5.82 Å². The molecule has 2 aromatic heterocycles. The van der Waals surface area contributed by atoms with Gasteiger partial charge in [-0.05, 0) is 30.5 Å². The molecule has 12 heteroatoms. The smallest absolute Gasteiger partial charge is 0.404 e. The topological polar surface area (TPSA) is 146 Å².